The van der Waals surface area contributed by atoms with E-state index in [1.165, 1.54) is 0 Å². The summed E-state index contributed by atoms with van der Waals surface area (Å²) in [6.07, 6.45) is -1.78. The zero-order chi connectivity index (χ0) is 15.6. The van der Waals surface area contributed by atoms with E-state index in [1.807, 2.05) is 24.6 Å². The Labute approximate surface area is 123 Å². The first-order chi connectivity index (χ1) is 9.81. The third kappa shape index (κ3) is 3.99. The maximum absolute atomic E-state index is 12.7. The molecule has 0 radical (unpaired) electrons. The average Bonchev–Trinajstić information content (AvgIpc) is 2.78. The minimum absolute atomic E-state index is 0.0828. The molecule has 3 nitrogen and oxygen atoms in total. The van der Waals surface area contributed by atoms with Gasteiger partial charge in [-0.05, 0) is 51.5 Å². The molecular weight excluding hydrogens is 279 g/mol. The fourth-order valence-corrected chi connectivity index (χ4v) is 3.32. The van der Waals surface area contributed by atoms with Crippen LogP contribution in [-0.2, 0) is 13.0 Å². The molecule has 0 amide bonds. The molecule has 1 aliphatic rings. The normalized spacial score (nSPS) is 25.0. The van der Waals surface area contributed by atoms with Gasteiger partial charge in [0.15, 0.2) is 0 Å². The van der Waals surface area contributed by atoms with Crippen LogP contribution in [0.2, 0.25) is 0 Å². The molecular formula is C15H24F3N3. The highest BCUT2D eigenvalue weighted by Crippen LogP contribution is 2.40. The van der Waals surface area contributed by atoms with Crippen molar-refractivity contribution in [1.29, 1.82) is 0 Å². The van der Waals surface area contributed by atoms with E-state index >= 15 is 0 Å². The van der Waals surface area contributed by atoms with Crippen LogP contribution in [0.5, 0.6) is 0 Å². The highest BCUT2D eigenvalue weighted by molar-refractivity contribution is 5.10. The molecule has 1 saturated carbocycles. The summed E-state index contributed by atoms with van der Waals surface area (Å²) in [4.78, 5) is 0. The first kappa shape index (κ1) is 16.3. The zero-order valence-corrected chi connectivity index (χ0v) is 12.7. The van der Waals surface area contributed by atoms with Crippen molar-refractivity contribution in [2.75, 3.05) is 0 Å². The summed E-state index contributed by atoms with van der Waals surface area (Å²) in [6.45, 7) is 4.75. The minimum Gasteiger partial charge on any atom is -0.327 e. The van der Waals surface area contributed by atoms with Gasteiger partial charge in [-0.25, -0.2) is 0 Å². The third-order valence-corrected chi connectivity index (χ3v) is 4.57. The van der Waals surface area contributed by atoms with Crippen LogP contribution in [0, 0.1) is 18.8 Å². The first-order valence-corrected chi connectivity index (χ1v) is 7.66. The molecule has 1 atom stereocenters. The van der Waals surface area contributed by atoms with Gasteiger partial charge in [0.25, 0.3) is 0 Å². The van der Waals surface area contributed by atoms with Crippen molar-refractivity contribution >= 4 is 0 Å². The molecule has 2 rings (SSSR count). The Hall–Kier alpha value is -1.04. The number of hydrogen-bond acceptors (Lipinski definition) is 2. The number of halogens is 3. The van der Waals surface area contributed by atoms with E-state index in [1.54, 1.807) is 0 Å². The smallest absolute Gasteiger partial charge is 0.327 e. The van der Waals surface area contributed by atoms with Crippen LogP contribution in [-0.4, -0.2) is 22.0 Å². The third-order valence-electron chi connectivity index (χ3n) is 4.57. The molecule has 21 heavy (non-hydrogen) atoms. The Kier molecular flexibility index (Phi) is 4.96. The van der Waals surface area contributed by atoms with Crippen LogP contribution in [0.1, 0.15) is 44.0 Å². The molecule has 1 aromatic heterocycles. The molecule has 0 saturated heterocycles. The van der Waals surface area contributed by atoms with Gasteiger partial charge >= 0.3 is 6.18 Å². The molecule has 1 fully saturated rings. The fourth-order valence-electron chi connectivity index (χ4n) is 3.32. The molecule has 0 spiro atoms. The van der Waals surface area contributed by atoms with Crippen LogP contribution in [0.15, 0.2) is 6.07 Å². The Balaban J connectivity index is 1.91. The van der Waals surface area contributed by atoms with E-state index in [-0.39, 0.29) is 24.8 Å². The monoisotopic (exact) mass is 303 g/mol. The van der Waals surface area contributed by atoms with E-state index in [0.29, 0.717) is 19.3 Å². The van der Waals surface area contributed by atoms with E-state index < -0.39 is 12.1 Å². The maximum atomic E-state index is 12.7. The van der Waals surface area contributed by atoms with Crippen LogP contribution in [0.3, 0.4) is 0 Å². The van der Waals surface area contributed by atoms with Crippen LogP contribution in [0.4, 0.5) is 13.2 Å². The Bertz CT molecular complexity index is 459. The molecule has 2 N–H and O–H groups in total. The summed E-state index contributed by atoms with van der Waals surface area (Å²) in [5, 5.41) is 4.38. The molecule has 0 bridgehead atoms. The Morgan fingerprint density at radius 3 is 2.48 bits per heavy atom. The molecule has 1 heterocycles. The number of nitrogens with two attached hydrogens (primary N) is 1. The first-order valence-electron chi connectivity index (χ1n) is 7.66. The Morgan fingerprint density at radius 2 is 1.95 bits per heavy atom. The average molecular weight is 303 g/mol. The lowest BCUT2D eigenvalue weighted by Gasteiger charge is -2.33. The second kappa shape index (κ2) is 6.38. The van der Waals surface area contributed by atoms with E-state index in [4.69, 9.17) is 5.73 Å². The van der Waals surface area contributed by atoms with E-state index in [2.05, 4.69) is 5.10 Å². The molecule has 1 unspecified atom stereocenters. The van der Waals surface area contributed by atoms with E-state index in [0.717, 1.165) is 17.9 Å². The van der Waals surface area contributed by atoms with Crippen LogP contribution in [0.25, 0.3) is 0 Å². The van der Waals surface area contributed by atoms with Crippen molar-refractivity contribution in [3.8, 4) is 0 Å². The topological polar surface area (TPSA) is 43.8 Å². The number of rotatable bonds is 4. The molecule has 0 aromatic carbocycles. The standard InChI is InChI=1S/C15H24F3N3/c1-3-21-13(8-10(2)20-21)9-14(19)11-4-6-12(7-5-11)15(16,17)18/h8,11-12,14H,3-7,9,19H2,1-2H3. The Morgan fingerprint density at radius 1 is 1.33 bits per heavy atom. The number of alkyl halides is 3. The molecule has 120 valence electrons. The summed E-state index contributed by atoms with van der Waals surface area (Å²) in [6, 6.07) is 1.94. The van der Waals surface area contributed by atoms with Gasteiger partial charge in [0.05, 0.1) is 11.6 Å². The lowest BCUT2D eigenvalue weighted by molar-refractivity contribution is -0.184. The molecule has 0 aliphatic heterocycles. The summed E-state index contributed by atoms with van der Waals surface area (Å²) in [5.41, 5.74) is 8.29. The number of aromatic nitrogens is 2. The van der Waals surface area contributed by atoms with Gasteiger partial charge in [-0.1, -0.05) is 0 Å². The van der Waals surface area contributed by atoms with Gasteiger partial charge in [0, 0.05) is 24.7 Å². The van der Waals surface area contributed by atoms with Crippen molar-refractivity contribution in [2.45, 2.75) is 64.7 Å². The van der Waals surface area contributed by atoms with Crippen LogP contribution < -0.4 is 5.73 Å². The largest absolute Gasteiger partial charge is 0.391 e. The molecule has 6 heteroatoms. The summed E-state index contributed by atoms with van der Waals surface area (Å²) < 4.78 is 40.0. The van der Waals surface area contributed by atoms with Crippen molar-refractivity contribution in [3.63, 3.8) is 0 Å². The van der Waals surface area contributed by atoms with Crippen molar-refractivity contribution in [2.24, 2.45) is 17.6 Å². The predicted octanol–water partition coefficient (Wildman–Crippen LogP) is 3.45. The quantitative estimate of drug-likeness (QED) is 0.926. The summed E-state index contributed by atoms with van der Waals surface area (Å²) >= 11 is 0. The van der Waals surface area contributed by atoms with Gasteiger partial charge < -0.3 is 5.73 Å². The lowest BCUT2D eigenvalue weighted by atomic mass is 9.77. The molecule has 1 aliphatic carbocycles. The van der Waals surface area contributed by atoms with E-state index in [9.17, 15) is 13.2 Å². The zero-order valence-electron chi connectivity index (χ0n) is 12.7. The van der Waals surface area contributed by atoms with Gasteiger partial charge in [-0.2, -0.15) is 18.3 Å². The summed E-state index contributed by atoms with van der Waals surface area (Å²) in [5.74, 6) is -0.950. The summed E-state index contributed by atoms with van der Waals surface area (Å²) in [7, 11) is 0. The van der Waals surface area contributed by atoms with Gasteiger partial charge in [-0.3, -0.25) is 4.68 Å². The number of hydrogen-bond donors (Lipinski definition) is 1. The van der Waals surface area contributed by atoms with Crippen molar-refractivity contribution in [3.05, 3.63) is 17.5 Å². The van der Waals surface area contributed by atoms with Gasteiger partial charge in [-0.15, -0.1) is 0 Å². The predicted molar refractivity (Wildman–Crippen MR) is 75.8 cm³/mol. The lowest BCUT2D eigenvalue weighted by Crippen LogP contribution is -2.37. The minimum atomic E-state index is -4.05. The highest BCUT2D eigenvalue weighted by atomic mass is 19.4. The highest BCUT2D eigenvalue weighted by Gasteiger charge is 2.42. The fraction of sp³-hybridized carbons (Fsp3) is 0.800. The van der Waals surface area contributed by atoms with Crippen molar-refractivity contribution < 1.29 is 13.2 Å². The van der Waals surface area contributed by atoms with Gasteiger partial charge in [0.1, 0.15) is 0 Å². The molecule has 1 aromatic rings. The second-order valence-electron chi connectivity index (χ2n) is 6.11. The van der Waals surface area contributed by atoms with Gasteiger partial charge in [0.2, 0.25) is 0 Å². The number of aryl methyl sites for hydroxylation is 2. The second-order valence-corrected chi connectivity index (χ2v) is 6.11. The number of nitrogens with zero attached hydrogens (tertiary/aromatic N) is 2. The maximum Gasteiger partial charge on any atom is 0.391 e. The van der Waals surface area contributed by atoms with Crippen molar-refractivity contribution in [1.82, 2.24) is 9.78 Å². The SMILES string of the molecule is CCn1nc(C)cc1CC(N)C1CCC(C(F)(F)F)CC1. The van der Waals surface area contributed by atoms with Crippen LogP contribution >= 0.6 is 0 Å².